The average Bonchev–Trinajstić information content (AvgIpc) is 2.81. The van der Waals surface area contributed by atoms with Crippen LogP contribution in [0.1, 0.15) is 49.8 Å². The number of aryl methyl sites for hydroxylation is 1. The second-order valence-corrected chi connectivity index (χ2v) is 9.98. The van der Waals surface area contributed by atoms with E-state index >= 15 is 0 Å². The number of halogens is 3. The second-order valence-electron chi connectivity index (χ2n) is 9.20. The number of aromatic nitrogens is 2. The molecule has 1 aromatic carbocycles. The fourth-order valence-electron chi connectivity index (χ4n) is 4.71. The number of amides is 2. The lowest BCUT2D eigenvalue weighted by atomic mass is 9.86. The summed E-state index contributed by atoms with van der Waals surface area (Å²) < 4.78 is 0. The molecule has 2 aromatic rings. The van der Waals surface area contributed by atoms with Gasteiger partial charge in [0.25, 0.3) is 0 Å². The summed E-state index contributed by atoms with van der Waals surface area (Å²) in [7, 11) is 4.10. The van der Waals surface area contributed by atoms with E-state index in [0.717, 1.165) is 50.3 Å². The number of hydrogen-bond donors (Lipinski definition) is 3. The van der Waals surface area contributed by atoms with Crippen LogP contribution in [0, 0.1) is 5.92 Å². The van der Waals surface area contributed by atoms with Gasteiger partial charge in [0, 0.05) is 32.2 Å². The quantitative estimate of drug-likeness (QED) is 0.433. The minimum Gasteiger partial charge on any atom is -0.362 e. The standard InChI is InChI=1S/C24H32Cl2N6O.ClH/c1-32(2)22-17-6-3-4-8-19(17)29-23(31-22)28-16-12-10-15(11-13-16)14-27-24(33)30-20-9-5-7-18(25)21(20)26;/h5,7,9,15-16H,3-4,6,8,10-14H2,1-2H3,(H2,27,30,33)(H,28,29,31);1H. The van der Waals surface area contributed by atoms with Gasteiger partial charge >= 0.3 is 6.03 Å². The van der Waals surface area contributed by atoms with Crippen LogP contribution in [-0.4, -0.2) is 42.7 Å². The fourth-order valence-corrected chi connectivity index (χ4v) is 5.05. The molecule has 0 aliphatic heterocycles. The highest BCUT2D eigenvalue weighted by atomic mass is 35.5. The van der Waals surface area contributed by atoms with Crippen LogP contribution in [0.15, 0.2) is 18.2 Å². The van der Waals surface area contributed by atoms with Gasteiger partial charge in [-0.1, -0.05) is 29.3 Å². The van der Waals surface area contributed by atoms with E-state index in [1.807, 2.05) is 0 Å². The van der Waals surface area contributed by atoms with E-state index in [4.69, 9.17) is 33.2 Å². The van der Waals surface area contributed by atoms with E-state index in [9.17, 15) is 4.79 Å². The summed E-state index contributed by atoms with van der Waals surface area (Å²) in [6, 6.07) is 5.27. The highest BCUT2D eigenvalue weighted by Gasteiger charge is 2.24. The van der Waals surface area contributed by atoms with Gasteiger partial charge in [0.2, 0.25) is 5.95 Å². The first-order valence-electron chi connectivity index (χ1n) is 11.7. The first kappa shape index (κ1) is 26.6. The van der Waals surface area contributed by atoms with Gasteiger partial charge in [0.15, 0.2) is 0 Å². The predicted molar refractivity (Wildman–Crippen MR) is 143 cm³/mol. The molecule has 1 heterocycles. The van der Waals surface area contributed by atoms with E-state index in [2.05, 4.69) is 34.9 Å². The van der Waals surface area contributed by atoms with Crippen LogP contribution in [0.5, 0.6) is 0 Å². The van der Waals surface area contributed by atoms with Crippen LogP contribution in [0.3, 0.4) is 0 Å². The Kier molecular flexibility index (Phi) is 9.51. The first-order valence-corrected chi connectivity index (χ1v) is 12.5. The Labute approximate surface area is 217 Å². The lowest BCUT2D eigenvalue weighted by Crippen LogP contribution is -2.36. The molecule has 34 heavy (non-hydrogen) atoms. The molecule has 3 N–H and O–H groups in total. The lowest BCUT2D eigenvalue weighted by Gasteiger charge is -2.30. The Balaban J connectivity index is 0.00000324. The van der Waals surface area contributed by atoms with Crippen LogP contribution >= 0.6 is 35.6 Å². The molecule has 0 atom stereocenters. The zero-order valence-electron chi connectivity index (χ0n) is 19.7. The number of hydrogen-bond acceptors (Lipinski definition) is 5. The van der Waals surface area contributed by atoms with Crippen molar-refractivity contribution in [3.63, 3.8) is 0 Å². The topological polar surface area (TPSA) is 82.2 Å². The molecule has 186 valence electrons. The molecular weight excluding hydrogens is 495 g/mol. The highest BCUT2D eigenvalue weighted by Crippen LogP contribution is 2.31. The monoisotopic (exact) mass is 526 g/mol. The van der Waals surface area contributed by atoms with Gasteiger partial charge < -0.3 is 20.9 Å². The Hall–Kier alpha value is -1.96. The number of nitrogens with zero attached hydrogens (tertiary/aromatic N) is 3. The zero-order valence-corrected chi connectivity index (χ0v) is 22.0. The molecule has 0 spiro atoms. The van der Waals surface area contributed by atoms with E-state index in [1.165, 1.54) is 24.1 Å². The van der Waals surface area contributed by atoms with Gasteiger partial charge in [-0.3, -0.25) is 0 Å². The smallest absolute Gasteiger partial charge is 0.319 e. The maximum absolute atomic E-state index is 12.3. The molecule has 1 saturated carbocycles. The molecular formula is C24H33Cl3N6O. The van der Waals surface area contributed by atoms with E-state index in [1.54, 1.807) is 18.2 Å². The van der Waals surface area contributed by atoms with Crippen molar-refractivity contribution in [2.75, 3.05) is 36.2 Å². The number of benzene rings is 1. The molecule has 7 nitrogen and oxygen atoms in total. The third-order valence-corrected chi connectivity index (χ3v) is 7.33. The largest absolute Gasteiger partial charge is 0.362 e. The zero-order chi connectivity index (χ0) is 23.4. The summed E-state index contributed by atoms with van der Waals surface area (Å²) in [5, 5.41) is 10.1. The second kappa shape index (κ2) is 12.1. The maximum atomic E-state index is 12.3. The molecule has 0 bridgehead atoms. The lowest BCUT2D eigenvalue weighted by molar-refractivity contribution is 0.246. The van der Waals surface area contributed by atoms with Gasteiger partial charge in [-0.05, 0) is 69.4 Å². The Morgan fingerprint density at radius 3 is 2.56 bits per heavy atom. The van der Waals surface area contributed by atoms with Gasteiger partial charge in [-0.15, -0.1) is 12.4 Å². The normalized spacial score (nSPS) is 19.4. The molecule has 2 amide bonds. The van der Waals surface area contributed by atoms with Crippen molar-refractivity contribution in [1.29, 1.82) is 0 Å². The summed E-state index contributed by atoms with van der Waals surface area (Å²) in [4.78, 5) is 24.0. The number of carbonyl (C=O) groups excluding carboxylic acids is 1. The maximum Gasteiger partial charge on any atom is 0.319 e. The van der Waals surface area contributed by atoms with Gasteiger partial charge in [-0.2, -0.15) is 4.98 Å². The minimum absolute atomic E-state index is 0. The molecule has 2 aliphatic rings. The predicted octanol–water partition coefficient (Wildman–Crippen LogP) is 5.94. The SMILES string of the molecule is CN(C)c1nc(NC2CCC(CNC(=O)Nc3cccc(Cl)c3Cl)CC2)nc2c1CCCC2.Cl. The number of rotatable bonds is 6. The molecule has 4 rings (SSSR count). The molecule has 1 aromatic heterocycles. The summed E-state index contributed by atoms with van der Waals surface area (Å²) in [5.74, 6) is 2.25. The number of nitrogens with one attached hydrogen (secondary N) is 3. The van der Waals surface area contributed by atoms with Crippen molar-refractivity contribution in [2.45, 2.75) is 57.4 Å². The third kappa shape index (κ3) is 6.58. The van der Waals surface area contributed by atoms with E-state index in [0.29, 0.717) is 34.2 Å². The summed E-state index contributed by atoms with van der Waals surface area (Å²) in [5.41, 5.74) is 3.02. The van der Waals surface area contributed by atoms with Crippen molar-refractivity contribution >= 4 is 59.1 Å². The number of urea groups is 1. The van der Waals surface area contributed by atoms with Crippen LogP contribution in [0.25, 0.3) is 0 Å². The van der Waals surface area contributed by atoms with Gasteiger partial charge in [0.1, 0.15) is 5.82 Å². The summed E-state index contributed by atoms with van der Waals surface area (Å²) >= 11 is 12.1. The molecule has 0 unspecified atom stereocenters. The molecule has 0 radical (unpaired) electrons. The molecule has 2 aliphatic carbocycles. The third-order valence-electron chi connectivity index (χ3n) is 6.52. The van der Waals surface area contributed by atoms with Crippen LogP contribution in [-0.2, 0) is 12.8 Å². The molecule has 1 fully saturated rings. The van der Waals surface area contributed by atoms with Crippen LogP contribution in [0.2, 0.25) is 10.0 Å². The van der Waals surface area contributed by atoms with Crippen molar-refractivity contribution in [1.82, 2.24) is 15.3 Å². The first-order chi connectivity index (χ1) is 15.9. The minimum atomic E-state index is -0.266. The van der Waals surface area contributed by atoms with Crippen molar-refractivity contribution in [3.05, 3.63) is 39.5 Å². The van der Waals surface area contributed by atoms with Crippen molar-refractivity contribution in [3.8, 4) is 0 Å². The summed E-state index contributed by atoms with van der Waals surface area (Å²) in [6.45, 7) is 0.636. The number of anilines is 3. The number of carbonyl (C=O) groups is 1. The van der Waals surface area contributed by atoms with Gasteiger partial charge in [0.05, 0.1) is 21.4 Å². The van der Waals surface area contributed by atoms with Crippen LogP contribution in [0.4, 0.5) is 22.2 Å². The molecule has 0 saturated heterocycles. The van der Waals surface area contributed by atoms with E-state index < -0.39 is 0 Å². The number of fused-ring (bicyclic) bond motifs is 1. The molecule has 10 heteroatoms. The highest BCUT2D eigenvalue weighted by molar-refractivity contribution is 6.43. The Bertz CT molecular complexity index is 995. The fraction of sp³-hybridized carbons (Fsp3) is 0.542. The van der Waals surface area contributed by atoms with Crippen LogP contribution < -0.4 is 20.9 Å². The van der Waals surface area contributed by atoms with E-state index in [-0.39, 0.29) is 18.4 Å². The summed E-state index contributed by atoms with van der Waals surface area (Å²) in [6.07, 6.45) is 8.67. The van der Waals surface area contributed by atoms with Gasteiger partial charge in [-0.25, -0.2) is 9.78 Å². The average molecular weight is 528 g/mol. The van der Waals surface area contributed by atoms with Crippen molar-refractivity contribution in [2.24, 2.45) is 5.92 Å². The van der Waals surface area contributed by atoms with Crippen molar-refractivity contribution < 1.29 is 4.79 Å². The Morgan fingerprint density at radius 2 is 1.82 bits per heavy atom. The Morgan fingerprint density at radius 1 is 1.09 bits per heavy atom.